The van der Waals surface area contributed by atoms with E-state index < -0.39 is 6.43 Å². The summed E-state index contributed by atoms with van der Waals surface area (Å²) in [5.74, 6) is 1.23. The number of amides is 1. The van der Waals surface area contributed by atoms with Gasteiger partial charge in [0.05, 0.1) is 18.3 Å². The number of hydrogen-bond acceptors (Lipinski definition) is 8. The van der Waals surface area contributed by atoms with Crippen molar-refractivity contribution in [2.45, 2.75) is 96.8 Å². The molecule has 1 aromatic carbocycles. The molecule has 11 nitrogen and oxygen atoms in total. The van der Waals surface area contributed by atoms with Crippen molar-refractivity contribution in [3.05, 3.63) is 70.5 Å². The molecule has 2 aliphatic carbocycles. The van der Waals surface area contributed by atoms with Crippen molar-refractivity contribution in [1.82, 2.24) is 24.5 Å². The highest BCUT2D eigenvalue weighted by Crippen LogP contribution is 2.55. The lowest BCUT2D eigenvalue weighted by molar-refractivity contribution is -0.129. The number of hydrogen-bond donors (Lipinski definition) is 2. The maximum absolute atomic E-state index is 14.6. The summed E-state index contributed by atoms with van der Waals surface area (Å²) in [5.41, 5.74) is 17.7. The molecule has 0 unspecified atom stereocenters. The van der Waals surface area contributed by atoms with Crippen molar-refractivity contribution < 1.29 is 23.1 Å². The van der Waals surface area contributed by atoms with Gasteiger partial charge in [0, 0.05) is 73.4 Å². The van der Waals surface area contributed by atoms with Crippen molar-refractivity contribution >= 4 is 24.2 Å². The van der Waals surface area contributed by atoms with E-state index in [0.29, 0.717) is 42.5 Å². The smallest absolute Gasteiger partial charge is 0.264 e. The normalized spacial score (nSPS) is 23.6. The van der Waals surface area contributed by atoms with Crippen LogP contribution in [0.25, 0.3) is 11.3 Å². The van der Waals surface area contributed by atoms with Crippen LogP contribution in [-0.2, 0) is 40.8 Å². The fraction of sp³-hybridized carbons (Fsp3) is 0.514. The van der Waals surface area contributed by atoms with Crippen LogP contribution >= 0.6 is 0 Å². The summed E-state index contributed by atoms with van der Waals surface area (Å²) >= 11 is 0. The number of carbonyl (C=O) groups excluding carboxylic acids is 2. The number of anilines is 2. The molecule has 268 valence electrons. The van der Waals surface area contributed by atoms with Crippen molar-refractivity contribution in [2.24, 2.45) is 23.9 Å². The number of aryl methyl sites for hydroxylation is 2. The Balaban J connectivity index is 0.00000212. The zero-order valence-electron chi connectivity index (χ0n) is 29.2. The zero-order chi connectivity index (χ0) is 35.7. The second-order valence-corrected chi connectivity index (χ2v) is 14.2. The van der Waals surface area contributed by atoms with Crippen LogP contribution in [0.5, 0.6) is 0 Å². The van der Waals surface area contributed by atoms with Crippen LogP contribution in [0.2, 0.25) is 0 Å². The third-order valence-electron chi connectivity index (χ3n) is 10.9. The minimum atomic E-state index is -2.65. The quantitative estimate of drug-likeness (QED) is 0.229. The summed E-state index contributed by atoms with van der Waals surface area (Å²) in [6, 6.07) is 5.57. The number of alkyl halides is 2. The first-order valence-corrected chi connectivity index (χ1v) is 17.4. The Morgan fingerprint density at radius 2 is 1.82 bits per heavy atom. The average Bonchev–Trinajstić information content (AvgIpc) is 3.70. The number of fused-ring (bicyclic) bond motifs is 2. The Labute approximate surface area is 291 Å². The molecule has 3 aromatic rings. The summed E-state index contributed by atoms with van der Waals surface area (Å²) < 4.78 is 39.0. The van der Waals surface area contributed by atoms with Gasteiger partial charge in [0.25, 0.3) is 6.43 Å². The van der Waals surface area contributed by atoms with Crippen LogP contribution in [0, 0.1) is 5.41 Å². The van der Waals surface area contributed by atoms with Gasteiger partial charge in [-0.05, 0) is 99.6 Å². The number of benzene rings is 1. The molecule has 7 rings (SSSR count). The molecule has 4 aliphatic rings. The first-order valence-electron chi connectivity index (χ1n) is 17.4. The zero-order valence-corrected chi connectivity index (χ0v) is 29.2. The van der Waals surface area contributed by atoms with Gasteiger partial charge < -0.3 is 30.8 Å². The van der Waals surface area contributed by atoms with Crippen molar-refractivity contribution in [2.75, 3.05) is 18.0 Å². The van der Waals surface area contributed by atoms with E-state index >= 15 is 0 Å². The lowest BCUT2D eigenvalue weighted by Crippen LogP contribution is -2.45. The SMILES string of the molecule is C=O.CC(=O)N1CCc2c(c(N3CCCc4cc(-c5ccn(C)n5)c(C(F)F)cc43)nn2C2CCC3(CC2)CC(O/C(N)=C/C=C(/C)N)C3)C1. The van der Waals surface area contributed by atoms with Gasteiger partial charge in [-0.25, -0.2) is 8.78 Å². The summed E-state index contributed by atoms with van der Waals surface area (Å²) in [7, 11) is 1.79. The van der Waals surface area contributed by atoms with E-state index in [2.05, 4.69) is 14.7 Å². The molecule has 13 heteroatoms. The lowest BCUT2D eigenvalue weighted by atomic mass is 9.58. The first-order chi connectivity index (χ1) is 24.0. The summed E-state index contributed by atoms with van der Waals surface area (Å²) in [6.07, 6.45) is 11.3. The maximum Gasteiger partial charge on any atom is 0.264 e. The number of nitrogens with two attached hydrogens (primary N) is 2. The van der Waals surface area contributed by atoms with Gasteiger partial charge in [0.15, 0.2) is 11.7 Å². The molecule has 0 bridgehead atoms. The molecule has 1 amide bonds. The summed E-state index contributed by atoms with van der Waals surface area (Å²) in [5, 5.41) is 9.74. The average molecular weight is 691 g/mol. The van der Waals surface area contributed by atoms with Gasteiger partial charge in [0.1, 0.15) is 12.9 Å². The molecule has 2 aliphatic heterocycles. The second-order valence-electron chi connectivity index (χ2n) is 14.2. The van der Waals surface area contributed by atoms with E-state index in [1.807, 2.05) is 24.7 Å². The molecule has 0 atom stereocenters. The minimum Gasteiger partial charge on any atom is -0.476 e. The van der Waals surface area contributed by atoms with Crippen LogP contribution in [0.4, 0.5) is 20.3 Å². The number of aromatic nitrogens is 4. The van der Waals surface area contributed by atoms with Gasteiger partial charge in [0.2, 0.25) is 5.91 Å². The molecule has 0 radical (unpaired) electrons. The van der Waals surface area contributed by atoms with Gasteiger partial charge >= 0.3 is 0 Å². The molecule has 2 saturated carbocycles. The number of rotatable bonds is 7. The third-order valence-corrected chi connectivity index (χ3v) is 10.9. The summed E-state index contributed by atoms with van der Waals surface area (Å²) in [4.78, 5) is 24.5. The van der Waals surface area contributed by atoms with Crippen molar-refractivity contribution in [3.8, 4) is 11.3 Å². The van der Waals surface area contributed by atoms with Crippen LogP contribution in [-0.4, -0.2) is 56.4 Å². The number of ether oxygens (including phenoxy) is 1. The highest BCUT2D eigenvalue weighted by atomic mass is 19.3. The van der Waals surface area contributed by atoms with Gasteiger partial charge in [-0.1, -0.05) is 0 Å². The molecule has 2 fully saturated rings. The van der Waals surface area contributed by atoms with E-state index in [0.717, 1.165) is 80.4 Å². The van der Waals surface area contributed by atoms with Crippen molar-refractivity contribution in [3.63, 3.8) is 0 Å². The maximum atomic E-state index is 14.6. The lowest BCUT2D eigenvalue weighted by Gasteiger charge is -2.51. The fourth-order valence-electron chi connectivity index (χ4n) is 8.35. The molecule has 50 heavy (non-hydrogen) atoms. The van der Waals surface area contributed by atoms with E-state index in [1.54, 1.807) is 49.1 Å². The highest BCUT2D eigenvalue weighted by molar-refractivity contribution is 5.77. The van der Waals surface area contributed by atoms with Crippen LogP contribution in [0.3, 0.4) is 0 Å². The van der Waals surface area contributed by atoms with E-state index in [1.165, 1.54) is 5.69 Å². The van der Waals surface area contributed by atoms with Gasteiger partial charge in [-0.2, -0.15) is 10.2 Å². The Hall–Kier alpha value is -4.68. The fourth-order valence-corrected chi connectivity index (χ4v) is 8.35. The molecular formula is C37H48F2N8O3. The Bertz CT molecular complexity index is 1780. The summed E-state index contributed by atoms with van der Waals surface area (Å²) in [6.45, 7) is 7.22. The number of halogens is 2. The van der Waals surface area contributed by atoms with Crippen molar-refractivity contribution in [1.29, 1.82) is 0 Å². The molecule has 4 heterocycles. The standard InChI is InChI=1S/C36H46F2N8O2.CH2O/c1-22(39)6-7-33(40)48-26-19-36(20-26)12-8-25(9-13-36)46-31-11-16-44(23(2)47)21-29(31)35(42-46)45-14-4-5-24-17-27(30-10-15-43(3)41-30)28(34(37)38)18-32(24)45;1-2/h6-7,10,15,17-18,25-26,34H,4-5,8-9,11-14,16,19-21,39-40H2,1-3H3;1H2/b22-6-,33-7+;. The van der Waals surface area contributed by atoms with Gasteiger partial charge in [-0.15, -0.1) is 0 Å². The Morgan fingerprint density at radius 3 is 2.46 bits per heavy atom. The van der Waals surface area contributed by atoms with E-state index in [9.17, 15) is 13.6 Å². The van der Waals surface area contributed by atoms with Crippen LogP contribution < -0.4 is 16.4 Å². The molecule has 2 aromatic heterocycles. The van der Waals surface area contributed by atoms with Gasteiger partial charge in [-0.3, -0.25) is 14.2 Å². The highest BCUT2D eigenvalue weighted by Gasteiger charge is 2.48. The Kier molecular flexibility index (Phi) is 10.0. The largest absolute Gasteiger partial charge is 0.476 e. The number of nitrogens with zero attached hydrogens (tertiary/aromatic N) is 6. The number of allylic oxidation sites excluding steroid dienone is 3. The van der Waals surface area contributed by atoms with E-state index in [-0.39, 0.29) is 29.0 Å². The van der Waals surface area contributed by atoms with Crippen LogP contribution in [0.15, 0.2) is 48.1 Å². The monoisotopic (exact) mass is 690 g/mol. The van der Waals surface area contributed by atoms with E-state index in [4.69, 9.17) is 26.1 Å². The van der Waals surface area contributed by atoms with Crippen LogP contribution in [0.1, 0.15) is 93.6 Å². The minimum absolute atomic E-state index is 0.0263. The molecular weight excluding hydrogens is 642 g/mol. The predicted molar refractivity (Wildman–Crippen MR) is 187 cm³/mol. The molecule has 0 saturated heterocycles. The molecule has 1 spiro atoms. The second kappa shape index (κ2) is 14.3. The third kappa shape index (κ3) is 6.86. The predicted octanol–water partition coefficient (Wildman–Crippen LogP) is 5.97. The topological polar surface area (TPSA) is 138 Å². The Morgan fingerprint density at radius 1 is 1.08 bits per heavy atom. The molecule has 4 N–H and O–H groups in total. The first kappa shape index (κ1) is 35.2. The number of carbonyl (C=O) groups is 2.